The van der Waals surface area contributed by atoms with Crippen molar-refractivity contribution in [2.24, 2.45) is 0 Å². The van der Waals surface area contributed by atoms with E-state index in [9.17, 15) is 14.4 Å². The van der Waals surface area contributed by atoms with Crippen molar-refractivity contribution in [3.8, 4) is 11.1 Å². The number of benzene rings is 5. The molecule has 0 saturated heterocycles. The average Bonchev–Trinajstić information content (AvgIpc) is 3.43. The fourth-order valence-electron chi connectivity index (χ4n) is 5.10. The van der Waals surface area contributed by atoms with Gasteiger partial charge in [-0.25, -0.2) is 0 Å². The van der Waals surface area contributed by atoms with Gasteiger partial charge in [-0.05, 0) is 94.9 Å². The number of thioether (sulfide) groups is 1. The minimum absolute atomic E-state index is 0.00886. The van der Waals surface area contributed by atoms with Gasteiger partial charge in [0.15, 0.2) is 5.78 Å². The number of carbonyl (C=O) groups is 3. The summed E-state index contributed by atoms with van der Waals surface area (Å²) in [5, 5.41) is 6.32. The molecule has 0 heterocycles. The van der Waals surface area contributed by atoms with Gasteiger partial charge >= 0.3 is 0 Å². The van der Waals surface area contributed by atoms with Crippen molar-refractivity contribution in [2.75, 3.05) is 11.1 Å². The first-order valence-electron chi connectivity index (χ1n) is 14.2. The first kappa shape index (κ1) is 30.4. The molecule has 0 unspecified atom stereocenters. The third-order valence-electron chi connectivity index (χ3n) is 7.39. The van der Waals surface area contributed by atoms with Crippen LogP contribution in [0.3, 0.4) is 0 Å². The minimum atomic E-state index is -0.528. The van der Waals surface area contributed by atoms with E-state index in [1.807, 2.05) is 42.5 Å². The summed E-state index contributed by atoms with van der Waals surface area (Å²) in [7, 11) is 0. The number of Topliss-reactive ketones (excluding diaryl/α,β-unsaturated/α-hetero) is 1. The van der Waals surface area contributed by atoms with E-state index >= 15 is 0 Å². The lowest BCUT2D eigenvalue weighted by Crippen LogP contribution is -2.30. The number of hydrogen-bond donors (Lipinski definition) is 2. The van der Waals surface area contributed by atoms with Gasteiger partial charge < -0.3 is 10.6 Å². The molecule has 1 aliphatic rings. The highest BCUT2D eigenvalue weighted by molar-refractivity contribution is 8.00. The molecule has 1 aliphatic carbocycles. The van der Waals surface area contributed by atoms with E-state index in [0.29, 0.717) is 32.4 Å². The second-order valence-corrected chi connectivity index (χ2v) is 12.3. The molecular formula is C37H26Cl2N2O3S. The largest absolute Gasteiger partial charge is 0.321 e. The maximum absolute atomic E-state index is 13.4. The molecular weight excluding hydrogens is 623 g/mol. The van der Waals surface area contributed by atoms with Gasteiger partial charge in [0.25, 0.3) is 11.8 Å². The molecule has 5 aromatic rings. The molecule has 0 fully saturated rings. The van der Waals surface area contributed by atoms with E-state index in [1.165, 1.54) is 40.1 Å². The number of amides is 2. The summed E-state index contributed by atoms with van der Waals surface area (Å²) in [6.07, 6.45) is 2.34. The minimum Gasteiger partial charge on any atom is -0.321 e. The highest BCUT2D eigenvalue weighted by atomic mass is 35.5. The summed E-state index contributed by atoms with van der Waals surface area (Å²) in [6, 6.07) is 35.0. The van der Waals surface area contributed by atoms with E-state index in [1.54, 1.807) is 60.7 Å². The summed E-state index contributed by atoms with van der Waals surface area (Å²) >= 11 is 13.8. The van der Waals surface area contributed by atoms with Gasteiger partial charge in [0.05, 0.1) is 5.75 Å². The summed E-state index contributed by atoms with van der Waals surface area (Å²) in [4.78, 5) is 40.2. The number of fused-ring (bicyclic) bond motifs is 3. The Morgan fingerprint density at radius 1 is 0.733 bits per heavy atom. The van der Waals surface area contributed by atoms with Gasteiger partial charge in [-0.2, -0.15) is 0 Å². The van der Waals surface area contributed by atoms with Crippen LogP contribution in [0, 0.1) is 0 Å². The van der Waals surface area contributed by atoms with Crippen LogP contribution in [0.5, 0.6) is 0 Å². The Bertz CT molecular complexity index is 1960. The molecule has 0 aromatic heterocycles. The molecule has 45 heavy (non-hydrogen) atoms. The Hall–Kier alpha value is -4.62. The molecule has 0 radical (unpaired) electrons. The highest BCUT2D eigenvalue weighted by Crippen LogP contribution is 2.37. The van der Waals surface area contributed by atoms with Crippen molar-refractivity contribution in [2.45, 2.75) is 11.3 Å². The monoisotopic (exact) mass is 648 g/mol. The number of anilines is 1. The third-order valence-corrected chi connectivity index (χ3v) is 8.96. The van der Waals surface area contributed by atoms with Crippen molar-refractivity contribution in [1.29, 1.82) is 0 Å². The zero-order valence-corrected chi connectivity index (χ0v) is 26.2. The first-order valence-corrected chi connectivity index (χ1v) is 15.9. The number of nitrogens with one attached hydrogen (secondary N) is 2. The number of ketones is 1. The predicted molar refractivity (Wildman–Crippen MR) is 183 cm³/mol. The standard InChI is InChI=1S/C37H26Cl2N2O3S/c38-28-12-10-25(33(39)21-28)20-34(41-36(43)23-6-2-1-3-7-23)37(44)40-29-13-15-30(16-14-29)45-22-35(42)26-11-17-32-27(19-26)18-24-8-4-5-9-31(24)32/h1-17,19-21H,18,22H2,(H,40,44)(H,41,43)/b34-20-. The van der Waals surface area contributed by atoms with Crippen molar-refractivity contribution in [3.05, 3.63) is 159 Å². The highest BCUT2D eigenvalue weighted by Gasteiger charge is 2.20. The van der Waals surface area contributed by atoms with Crippen LogP contribution in [-0.2, 0) is 11.2 Å². The quantitative estimate of drug-likeness (QED) is 0.0932. The van der Waals surface area contributed by atoms with Crippen LogP contribution in [0.2, 0.25) is 10.0 Å². The van der Waals surface area contributed by atoms with Crippen molar-refractivity contribution >= 4 is 64.3 Å². The molecule has 0 spiro atoms. The number of halogens is 2. The number of rotatable bonds is 9. The molecule has 2 N–H and O–H groups in total. The smallest absolute Gasteiger partial charge is 0.272 e. The van der Waals surface area contributed by atoms with E-state index in [4.69, 9.17) is 23.2 Å². The first-order chi connectivity index (χ1) is 21.8. The van der Waals surface area contributed by atoms with Gasteiger partial charge in [-0.3, -0.25) is 14.4 Å². The van der Waals surface area contributed by atoms with Crippen molar-refractivity contribution < 1.29 is 14.4 Å². The fourth-order valence-corrected chi connectivity index (χ4v) is 6.36. The van der Waals surface area contributed by atoms with Gasteiger partial charge in [0.2, 0.25) is 0 Å². The molecule has 222 valence electrons. The van der Waals surface area contributed by atoms with Crippen LogP contribution < -0.4 is 10.6 Å². The van der Waals surface area contributed by atoms with E-state index in [0.717, 1.165) is 11.3 Å². The molecule has 0 bridgehead atoms. The zero-order valence-electron chi connectivity index (χ0n) is 23.9. The van der Waals surface area contributed by atoms with E-state index in [-0.39, 0.29) is 17.2 Å². The van der Waals surface area contributed by atoms with Crippen LogP contribution in [0.1, 0.15) is 37.4 Å². The molecule has 8 heteroatoms. The molecule has 6 rings (SSSR count). The van der Waals surface area contributed by atoms with Gasteiger partial charge in [-0.15, -0.1) is 11.8 Å². The van der Waals surface area contributed by atoms with Gasteiger partial charge in [-0.1, -0.05) is 83.9 Å². The Labute approximate surface area is 275 Å². The maximum atomic E-state index is 13.4. The Balaban J connectivity index is 1.11. The van der Waals surface area contributed by atoms with Crippen LogP contribution in [0.4, 0.5) is 5.69 Å². The lowest BCUT2D eigenvalue weighted by Gasteiger charge is -2.12. The maximum Gasteiger partial charge on any atom is 0.272 e. The average molecular weight is 650 g/mol. The lowest BCUT2D eigenvalue weighted by atomic mass is 10.0. The lowest BCUT2D eigenvalue weighted by molar-refractivity contribution is -0.113. The van der Waals surface area contributed by atoms with Crippen LogP contribution >= 0.6 is 35.0 Å². The molecule has 0 atom stereocenters. The van der Waals surface area contributed by atoms with Crippen LogP contribution in [0.15, 0.2) is 126 Å². The zero-order chi connectivity index (χ0) is 31.3. The predicted octanol–water partition coefficient (Wildman–Crippen LogP) is 8.95. The number of carbonyl (C=O) groups excluding carboxylic acids is 3. The van der Waals surface area contributed by atoms with Crippen LogP contribution in [0.25, 0.3) is 17.2 Å². The second kappa shape index (κ2) is 13.6. The fraction of sp³-hybridized carbons (Fsp3) is 0.0541. The third kappa shape index (κ3) is 7.21. The normalized spacial score (nSPS) is 11.8. The SMILES string of the molecule is O=C(Nc1ccc(SCC(=O)c2ccc3c(c2)Cc2ccccc2-3)cc1)/C(=C/c1ccc(Cl)cc1Cl)NC(=O)c1ccccc1. The van der Waals surface area contributed by atoms with Crippen molar-refractivity contribution in [1.82, 2.24) is 5.32 Å². The van der Waals surface area contributed by atoms with Crippen LogP contribution in [-0.4, -0.2) is 23.4 Å². The summed E-state index contributed by atoms with van der Waals surface area (Å²) < 4.78 is 0. The Morgan fingerprint density at radius 3 is 2.24 bits per heavy atom. The summed E-state index contributed by atoms with van der Waals surface area (Å²) in [5.41, 5.74) is 7.06. The summed E-state index contributed by atoms with van der Waals surface area (Å²) in [6.45, 7) is 0. The van der Waals surface area contributed by atoms with Gasteiger partial charge in [0, 0.05) is 31.8 Å². The Kier molecular flexibility index (Phi) is 9.17. The molecule has 5 nitrogen and oxygen atoms in total. The van der Waals surface area contributed by atoms with E-state index in [2.05, 4.69) is 22.8 Å². The topological polar surface area (TPSA) is 75.3 Å². The summed E-state index contributed by atoms with van der Waals surface area (Å²) in [5.74, 6) is -0.621. The molecule has 0 saturated carbocycles. The molecule has 2 amide bonds. The molecule has 5 aromatic carbocycles. The Morgan fingerprint density at radius 2 is 1.47 bits per heavy atom. The molecule has 0 aliphatic heterocycles. The van der Waals surface area contributed by atoms with E-state index < -0.39 is 11.8 Å². The number of hydrogen-bond acceptors (Lipinski definition) is 4. The van der Waals surface area contributed by atoms with Gasteiger partial charge in [0.1, 0.15) is 5.70 Å². The second-order valence-electron chi connectivity index (χ2n) is 10.4. The van der Waals surface area contributed by atoms with Crippen molar-refractivity contribution in [3.63, 3.8) is 0 Å².